The lowest BCUT2D eigenvalue weighted by Crippen LogP contribution is -2.05. The third-order valence-electron chi connectivity index (χ3n) is 4.14. The molecule has 0 saturated heterocycles. The van der Waals surface area contributed by atoms with Crippen LogP contribution in [0.1, 0.15) is 5.56 Å². The van der Waals surface area contributed by atoms with Gasteiger partial charge in [0.25, 0.3) is 11.8 Å². The summed E-state index contributed by atoms with van der Waals surface area (Å²) in [6.45, 7) is 0.358. The molecule has 1 aromatic heterocycles. The van der Waals surface area contributed by atoms with Crippen molar-refractivity contribution in [3.63, 3.8) is 0 Å². The van der Waals surface area contributed by atoms with E-state index in [0.717, 1.165) is 16.6 Å². The second-order valence-electron chi connectivity index (χ2n) is 6.03. The van der Waals surface area contributed by atoms with Crippen molar-refractivity contribution >= 4 is 22.6 Å². The Bertz CT molecular complexity index is 1160. The van der Waals surface area contributed by atoms with Crippen LogP contribution in [0.5, 0.6) is 29.0 Å². The van der Waals surface area contributed by atoms with Gasteiger partial charge in [-0.25, -0.2) is 9.97 Å². The van der Waals surface area contributed by atoms with Crippen molar-refractivity contribution in [1.82, 2.24) is 9.97 Å². The molecule has 5 rings (SSSR count). The van der Waals surface area contributed by atoms with Gasteiger partial charge < -0.3 is 14.2 Å². The number of hydrogen-bond donors (Lipinski definition) is 0. The lowest BCUT2D eigenvalue weighted by molar-refractivity contribution is 0.273. The standard InChI is InChI=1S/C21H13ClN2O3/c22-14-6-3-5-13(11-14)12-25-17-9-4-10-18-19(17)27-21-20(26-18)23-15-7-1-2-8-16(15)24-21/h1-11H,12H2. The van der Waals surface area contributed by atoms with Crippen molar-refractivity contribution in [2.24, 2.45) is 0 Å². The fraction of sp³-hybridized carbons (Fsp3) is 0.0476. The average molecular weight is 377 g/mol. The number of ether oxygens (including phenoxy) is 3. The van der Waals surface area contributed by atoms with Gasteiger partial charge >= 0.3 is 0 Å². The number of benzene rings is 3. The lowest BCUT2D eigenvalue weighted by Gasteiger charge is -2.21. The Morgan fingerprint density at radius 3 is 2.33 bits per heavy atom. The quantitative estimate of drug-likeness (QED) is 0.400. The van der Waals surface area contributed by atoms with E-state index in [0.29, 0.717) is 40.6 Å². The molecule has 0 fully saturated rings. The molecule has 0 N–H and O–H groups in total. The number of nitrogens with zero attached hydrogens (tertiary/aromatic N) is 2. The van der Waals surface area contributed by atoms with E-state index in [4.69, 9.17) is 25.8 Å². The van der Waals surface area contributed by atoms with Gasteiger partial charge in [0.2, 0.25) is 5.75 Å². The fourth-order valence-corrected chi connectivity index (χ4v) is 3.09. The molecule has 27 heavy (non-hydrogen) atoms. The van der Waals surface area contributed by atoms with Crippen molar-refractivity contribution in [3.05, 3.63) is 77.3 Å². The summed E-state index contributed by atoms with van der Waals surface area (Å²) < 4.78 is 17.8. The van der Waals surface area contributed by atoms with Crippen LogP contribution in [0.25, 0.3) is 11.0 Å². The summed E-state index contributed by atoms with van der Waals surface area (Å²) in [4.78, 5) is 8.99. The molecule has 6 heteroatoms. The molecule has 0 aliphatic carbocycles. The minimum Gasteiger partial charge on any atom is -0.485 e. The van der Waals surface area contributed by atoms with Crippen LogP contribution < -0.4 is 14.2 Å². The molecule has 4 aromatic rings. The van der Waals surface area contributed by atoms with Crippen LogP contribution in [0.4, 0.5) is 0 Å². The van der Waals surface area contributed by atoms with Gasteiger partial charge in [-0.15, -0.1) is 0 Å². The predicted molar refractivity (Wildman–Crippen MR) is 102 cm³/mol. The fourth-order valence-electron chi connectivity index (χ4n) is 2.88. The predicted octanol–water partition coefficient (Wildman–Crippen LogP) is 5.76. The largest absolute Gasteiger partial charge is 0.485 e. The van der Waals surface area contributed by atoms with Crippen LogP contribution in [0.15, 0.2) is 66.7 Å². The third kappa shape index (κ3) is 3.02. The van der Waals surface area contributed by atoms with Crippen molar-refractivity contribution in [2.75, 3.05) is 0 Å². The van der Waals surface area contributed by atoms with Gasteiger partial charge in [0.1, 0.15) is 6.61 Å². The zero-order valence-corrected chi connectivity index (χ0v) is 14.8. The average Bonchev–Trinajstić information content (AvgIpc) is 2.69. The number of para-hydroxylation sites is 3. The van der Waals surface area contributed by atoms with Crippen LogP contribution in [0.3, 0.4) is 0 Å². The first-order valence-corrected chi connectivity index (χ1v) is 8.77. The van der Waals surface area contributed by atoms with Gasteiger partial charge in [-0.3, -0.25) is 0 Å². The van der Waals surface area contributed by atoms with Crippen molar-refractivity contribution < 1.29 is 14.2 Å². The van der Waals surface area contributed by atoms with E-state index in [-0.39, 0.29) is 0 Å². The molecule has 0 amide bonds. The molecule has 5 nitrogen and oxygen atoms in total. The second-order valence-corrected chi connectivity index (χ2v) is 6.47. The SMILES string of the molecule is Clc1cccc(COc2cccc3c2Oc2nc4ccccc4nc2O3)c1. The maximum atomic E-state index is 6.03. The number of fused-ring (bicyclic) bond motifs is 3. The summed E-state index contributed by atoms with van der Waals surface area (Å²) in [6.07, 6.45) is 0. The van der Waals surface area contributed by atoms with Gasteiger partial charge in [-0.2, -0.15) is 0 Å². The monoisotopic (exact) mass is 376 g/mol. The zero-order valence-electron chi connectivity index (χ0n) is 14.1. The highest BCUT2D eigenvalue weighted by Crippen LogP contribution is 2.48. The minimum absolute atomic E-state index is 0.319. The Labute approximate surface area is 160 Å². The Balaban J connectivity index is 1.46. The van der Waals surface area contributed by atoms with Gasteiger partial charge in [0.15, 0.2) is 11.5 Å². The van der Waals surface area contributed by atoms with Crippen LogP contribution in [-0.4, -0.2) is 9.97 Å². The highest BCUT2D eigenvalue weighted by molar-refractivity contribution is 6.30. The van der Waals surface area contributed by atoms with Crippen molar-refractivity contribution in [1.29, 1.82) is 0 Å². The zero-order chi connectivity index (χ0) is 18.2. The van der Waals surface area contributed by atoms with Crippen molar-refractivity contribution in [3.8, 4) is 29.0 Å². The Morgan fingerprint density at radius 2 is 1.56 bits per heavy atom. The van der Waals surface area contributed by atoms with E-state index >= 15 is 0 Å². The number of aromatic nitrogens is 2. The normalized spacial score (nSPS) is 11.9. The number of rotatable bonds is 3. The maximum absolute atomic E-state index is 6.03. The first-order valence-electron chi connectivity index (χ1n) is 8.39. The topological polar surface area (TPSA) is 53.5 Å². The first-order chi connectivity index (χ1) is 13.3. The molecule has 3 aromatic carbocycles. The van der Waals surface area contributed by atoms with E-state index in [1.807, 2.05) is 60.7 Å². The van der Waals surface area contributed by atoms with Crippen molar-refractivity contribution in [2.45, 2.75) is 6.61 Å². The molecule has 0 atom stereocenters. The second kappa shape index (κ2) is 6.45. The summed E-state index contributed by atoms with van der Waals surface area (Å²) in [5.74, 6) is 2.24. The molecule has 0 radical (unpaired) electrons. The Hall–Kier alpha value is -3.31. The lowest BCUT2D eigenvalue weighted by atomic mass is 10.2. The summed E-state index contributed by atoms with van der Waals surface area (Å²) in [6, 6.07) is 20.6. The molecular formula is C21H13ClN2O3. The molecule has 0 saturated carbocycles. The van der Waals surface area contributed by atoms with E-state index in [2.05, 4.69) is 9.97 Å². The van der Waals surface area contributed by atoms with E-state index in [1.165, 1.54) is 0 Å². The Kier molecular flexibility index (Phi) is 3.80. The minimum atomic E-state index is 0.319. The van der Waals surface area contributed by atoms with Gasteiger partial charge in [0.05, 0.1) is 11.0 Å². The van der Waals surface area contributed by atoms with Gasteiger partial charge in [-0.05, 0) is 42.0 Å². The first kappa shape index (κ1) is 15.9. The maximum Gasteiger partial charge on any atom is 0.284 e. The van der Waals surface area contributed by atoms with E-state index < -0.39 is 0 Å². The molecular weight excluding hydrogens is 364 g/mol. The number of halogens is 1. The summed E-state index contributed by atoms with van der Waals surface area (Å²) in [5, 5.41) is 0.668. The molecule has 1 aliphatic heterocycles. The molecule has 0 bridgehead atoms. The smallest absolute Gasteiger partial charge is 0.284 e. The van der Waals surface area contributed by atoms with Crippen LogP contribution in [-0.2, 0) is 6.61 Å². The van der Waals surface area contributed by atoms with Gasteiger partial charge in [-0.1, -0.05) is 41.9 Å². The summed E-state index contributed by atoms with van der Waals surface area (Å²) >= 11 is 6.03. The highest BCUT2D eigenvalue weighted by atomic mass is 35.5. The number of hydrogen-bond acceptors (Lipinski definition) is 5. The van der Waals surface area contributed by atoms with Crippen LogP contribution in [0, 0.1) is 0 Å². The van der Waals surface area contributed by atoms with Crippen LogP contribution in [0.2, 0.25) is 5.02 Å². The van der Waals surface area contributed by atoms with Gasteiger partial charge in [0, 0.05) is 5.02 Å². The molecule has 0 spiro atoms. The summed E-state index contributed by atoms with van der Waals surface area (Å²) in [7, 11) is 0. The molecule has 1 aliphatic rings. The highest BCUT2D eigenvalue weighted by Gasteiger charge is 2.25. The van der Waals surface area contributed by atoms with E-state index in [1.54, 1.807) is 6.07 Å². The molecule has 132 valence electrons. The third-order valence-corrected chi connectivity index (χ3v) is 4.38. The molecule has 2 heterocycles. The molecule has 0 unspecified atom stereocenters. The van der Waals surface area contributed by atoms with E-state index in [9.17, 15) is 0 Å². The Morgan fingerprint density at radius 1 is 0.815 bits per heavy atom. The van der Waals surface area contributed by atoms with Crippen LogP contribution >= 0.6 is 11.6 Å². The summed E-state index contributed by atoms with van der Waals surface area (Å²) in [5.41, 5.74) is 2.44.